The van der Waals surface area contributed by atoms with Gasteiger partial charge in [-0.2, -0.15) is 0 Å². The first-order valence-corrected chi connectivity index (χ1v) is 7.48. The van der Waals surface area contributed by atoms with E-state index in [1.807, 2.05) is 6.07 Å². The lowest BCUT2D eigenvalue weighted by Crippen LogP contribution is -2.23. The molecule has 1 atom stereocenters. The van der Waals surface area contributed by atoms with E-state index in [0.29, 0.717) is 19.3 Å². The number of nitrogens with zero attached hydrogens (tertiary/aromatic N) is 1. The number of benzene rings is 1. The van der Waals surface area contributed by atoms with Crippen LogP contribution in [0, 0.1) is 0 Å². The molecule has 2 aromatic rings. The maximum absolute atomic E-state index is 6.00. The molecule has 1 aliphatic heterocycles. The summed E-state index contributed by atoms with van der Waals surface area (Å²) in [4.78, 5) is 2.44. The Morgan fingerprint density at radius 2 is 2.10 bits per heavy atom. The Morgan fingerprint density at radius 1 is 1.24 bits per heavy atom. The molecule has 3 rings (SSSR count). The molecule has 2 N–H and O–H groups in total. The summed E-state index contributed by atoms with van der Waals surface area (Å²) in [5.41, 5.74) is 8.06. The predicted octanol–water partition coefficient (Wildman–Crippen LogP) is 2.53. The zero-order valence-corrected chi connectivity index (χ0v) is 12.2. The van der Waals surface area contributed by atoms with Crippen molar-refractivity contribution in [1.82, 2.24) is 4.90 Å². The molecule has 1 fully saturated rings. The second kappa shape index (κ2) is 6.89. The van der Waals surface area contributed by atoms with Gasteiger partial charge in [-0.1, -0.05) is 30.3 Å². The molecule has 0 bridgehead atoms. The predicted molar refractivity (Wildman–Crippen MR) is 81.5 cm³/mol. The average Bonchev–Trinajstić information content (AvgIpc) is 3.15. The van der Waals surface area contributed by atoms with Gasteiger partial charge in [-0.15, -0.1) is 0 Å². The number of hydrogen-bond acceptors (Lipinski definition) is 4. The Hall–Kier alpha value is -1.62. The van der Waals surface area contributed by atoms with Gasteiger partial charge in [-0.05, 0) is 18.1 Å². The number of nitrogens with two attached hydrogens (primary N) is 1. The van der Waals surface area contributed by atoms with E-state index in [0.717, 1.165) is 37.4 Å². The van der Waals surface area contributed by atoms with Crippen LogP contribution >= 0.6 is 0 Å². The second-order valence-electron chi connectivity index (χ2n) is 5.52. The fourth-order valence-electron chi connectivity index (χ4n) is 2.80. The lowest BCUT2D eigenvalue weighted by molar-refractivity contribution is 0.0454. The monoisotopic (exact) mass is 286 g/mol. The van der Waals surface area contributed by atoms with Crippen molar-refractivity contribution in [2.24, 2.45) is 5.73 Å². The third kappa shape index (κ3) is 3.73. The SMILES string of the molecule is NCc1occc1COC1CCN(Cc2ccccc2)C1. The molecule has 2 heterocycles. The van der Waals surface area contributed by atoms with Gasteiger partial charge in [-0.3, -0.25) is 4.90 Å². The number of furan rings is 1. The van der Waals surface area contributed by atoms with Gasteiger partial charge in [-0.25, -0.2) is 0 Å². The number of likely N-dealkylation sites (tertiary alicyclic amines) is 1. The van der Waals surface area contributed by atoms with Crippen molar-refractivity contribution in [1.29, 1.82) is 0 Å². The van der Waals surface area contributed by atoms with E-state index in [2.05, 4.69) is 35.2 Å². The highest BCUT2D eigenvalue weighted by molar-refractivity contribution is 5.16. The Labute approximate surface area is 125 Å². The summed E-state index contributed by atoms with van der Waals surface area (Å²) >= 11 is 0. The molecular weight excluding hydrogens is 264 g/mol. The first kappa shape index (κ1) is 14.3. The van der Waals surface area contributed by atoms with E-state index in [1.165, 1.54) is 5.56 Å². The van der Waals surface area contributed by atoms with Crippen LogP contribution in [-0.2, 0) is 24.4 Å². The van der Waals surface area contributed by atoms with Gasteiger partial charge >= 0.3 is 0 Å². The molecule has 4 nitrogen and oxygen atoms in total. The Bertz CT molecular complexity index is 553. The summed E-state index contributed by atoms with van der Waals surface area (Å²) in [6.07, 6.45) is 3.06. The topological polar surface area (TPSA) is 51.6 Å². The number of rotatable bonds is 6. The smallest absolute Gasteiger partial charge is 0.122 e. The highest BCUT2D eigenvalue weighted by Gasteiger charge is 2.23. The van der Waals surface area contributed by atoms with Crippen LogP contribution in [-0.4, -0.2) is 24.1 Å². The van der Waals surface area contributed by atoms with Gasteiger partial charge in [0.15, 0.2) is 0 Å². The number of ether oxygens (including phenoxy) is 1. The molecule has 1 unspecified atom stereocenters. The molecular formula is C17H22N2O2. The van der Waals surface area contributed by atoms with Gasteiger partial charge in [0.2, 0.25) is 0 Å². The summed E-state index contributed by atoms with van der Waals surface area (Å²) in [7, 11) is 0. The quantitative estimate of drug-likeness (QED) is 0.886. The fraction of sp³-hybridized carbons (Fsp3) is 0.412. The molecule has 112 valence electrons. The molecule has 0 saturated carbocycles. The van der Waals surface area contributed by atoms with Crippen molar-refractivity contribution in [3.05, 3.63) is 59.5 Å². The zero-order chi connectivity index (χ0) is 14.5. The van der Waals surface area contributed by atoms with Crippen molar-refractivity contribution in [2.45, 2.75) is 32.2 Å². The van der Waals surface area contributed by atoms with E-state index in [1.54, 1.807) is 6.26 Å². The van der Waals surface area contributed by atoms with Gasteiger partial charge in [0.05, 0.1) is 25.5 Å². The maximum atomic E-state index is 6.00. The van der Waals surface area contributed by atoms with Gasteiger partial charge in [0.25, 0.3) is 0 Å². The lowest BCUT2D eigenvalue weighted by Gasteiger charge is -2.16. The molecule has 21 heavy (non-hydrogen) atoms. The summed E-state index contributed by atoms with van der Waals surface area (Å²) < 4.78 is 11.3. The molecule has 0 spiro atoms. The van der Waals surface area contributed by atoms with E-state index in [-0.39, 0.29) is 0 Å². The van der Waals surface area contributed by atoms with Crippen LogP contribution in [0.3, 0.4) is 0 Å². The minimum atomic E-state index is 0.300. The van der Waals surface area contributed by atoms with Crippen molar-refractivity contribution in [3.8, 4) is 0 Å². The lowest BCUT2D eigenvalue weighted by atomic mass is 10.2. The molecule has 0 radical (unpaired) electrons. The Kier molecular flexibility index (Phi) is 4.70. The van der Waals surface area contributed by atoms with E-state index in [4.69, 9.17) is 14.9 Å². The van der Waals surface area contributed by atoms with Crippen LogP contribution in [0.1, 0.15) is 23.3 Å². The Balaban J connectivity index is 1.47. The van der Waals surface area contributed by atoms with Gasteiger partial charge in [0, 0.05) is 25.2 Å². The first-order chi connectivity index (χ1) is 10.3. The molecule has 1 aromatic carbocycles. The highest BCUT2D eigenvalue weighted by Crippen LogP contribution is 2.18. The van der Waals surface area contributed by atoms with Crippen molar-refractivity contribution < 1.29 is 9.15 Å². The standard InChI is InChI=1S/C17H22N2O2/c18-10-17-15(7-9-20-17)13-21-16-6-8-19(12-16)11-14-4-2-1-3-5-14/h1-5,7,9,16H,6,8,10-13,18H2. The van der Waals surface area contributed by atoms with Crippen LogP contribution in [0.25, 0.3) is 0 Å². The summed E-state index contributed by atoms with van der Waals surface area (Å²) in [5.74, 6) is 0.828. The second-order valence-corrected chi connectivity index (χ2v) is 5.52. The molecule has 1 saturated heterocycles. The van der Waals surface area contributed by atoms with Crippen LogP contribution in [0.5, 0.6) is 0 Å². The zero-order valence-electron chi connectivity index (χ0n) is 12.2. The Morgan fingerprint density at radius 3 is 2.90 bits per heavy atom. The third-order valence-corrected chi connectivity index (χ3v) is 3.98. The largest absolute Gasteiger partial charge is 0.468 e. The van der Waals surface area contributed by atoms with Gasteiger partial charge < -0.3 is 14.9 Å². The highest BCUT2D eigenvalue weighted by atomic mass is 16.5. The average molecular weight is 286 g/mol. The first-order valence-electron chi connectivity index (χ1n) is 7.48. The van der Waals surface area contributed by atoms with Crippen LogP contribution in [0.15, 0.2) is 47.1 Å². The molecule has 4 heteroatoms. The van der Waals surface area contributed by atoms with E-state index in [9.17, 15) is 0 Å². The van der Waals surface area contributed by atoms with Crippen molar-refractivity contribution in [2.75, 3.05) is 13.1 Å². The fourth-order valence-corrected chi connectivity index (χ4v) is 2.80. The van der Waals surface area contributed by atoms with Crippen molar-refractivity contribution >= 4 is 0 Å². The molecule has 1 aromatic heterocycles. The van der Waals surface area contributed by atoms with Crippen LogP contribution in [0.2, 0.25) is 0 Å². The molecule has 1 aliphatic rings. The van der Waals surface area contributed by atoms with E-state index >= 15 is 0 Å². The minimum absolute atomic E-state index is 0.300. The van der Waals surface area contributed by atoms with E-state index < -0.39 is 0 Å². The number of hydrogen-bond donors (Lipinski definition) is 1. The minimum Gasteiger partial charge on any atom is -0.468 e. The van der Waals surface area contributed by atoms with Crippen LogP contribution < -0.4 is 5.73 Å². The maximum Gasteiger partial charge on any atom is 0.122 e. The van der Waals surface area contributed by atoms with Gasteiger partial charge in [0.1, 0.15) is 5.76 Å². The summed E-state index contributed by atoms with van der Waals surface area (Å²) in [5, 5.41) is 0. The third-order valence-electron chi connectivity index (χ3n) is 3.98. The molecule has 0 aliphatic carbocycles. The van der Waals surface area contributed by atoms with Crippen LogP contribution in [0.4, 0.5) is 0 Å². The van der Waals surface area contributed by atoms with Crippen molar-refractivity contribution in [3.63, 3.8) is 0 Å². The molecule has 0 amide bonds. The normalized spacial score (nSPS) is 19.2. The summed E-state index contributed by atoms with van der Waals surface area (Å²) in [6.45, 7) is 4.10. The summed E-state index contributed by atoms with van der Waals surface area (Å²) in [6, 6.07) is 12.5.